The van der Waals surface area contributed by atoms with Crippen LogP contribution in [0.3, 0.4) is 0 Å². The van der Waals surface area contributed by atoms with Gasteiger partial charge in [-0.25, -0.2) is 0 Å². The van der Waals surface area contributed by atoms with Crippen LogP contribution in [-0.4, -0.2) is 49.1 Å². The number of likely N-dealkylation sites (tertiary alicyclic amines) is 2. The fourth-order valence-corrected chi connectivity index (χ4v) is 5.33. The van der Waals surface area contributed by atoms with Gasteiger partial charge >= 0.3 is 0 Å². The molecule has 5 rings (SSSR count). The van der Waals surface area contributed by atoms with Crippen LogP contribution in [-0.2, 0) is 6.54 Å². The minimum Gasteiger partial charge on any atom is -0.492 e. The van der Waals surface area contributed by atoms with Crippen LogP contribution < -0.4 is 4.74 Å². The van der Waals surface area contributed by atoms with E-state index < -0.39 is 0 Å². The Hall–Kier alpha value is -2.10. The third kappa shape index (κ3) is 4.41. The van der Waals surface area contributed by atoms with Gasteiger partial charge < -0.3 is 4.74 Å². The number of hydrogen-bond donors (Lipinski definition) is 0. The van der Waals surface area contributed by atoms with E-state index in [1.807, 2.05) is 0 Å². The topological polar surface area (TPSA) is 15.7 Å². The van der Waals surface area contributed by atoms with Gasteiger partial charge in [0, 0.05) is 32.1 Å². The molecule has 1 aliphatic carbocycles. The molecule has 29 heavy (non-hydrogen) atoms. The molecule has 0 spiro atoms. The number of nitrogens with zero attached hydrogens (tertiary/aromatic N) is 2. The third-order valence-corrected chi connectivity index (χ3v) is 6.87. The molecular weight excluding hydrogens is 356 g/mol. The average molecular weight is 389 g/mol. The lowest BCUT2D eigenvalue weighted by Gasteiger charge is -2.18. The van der Waals surface area contributed by atoms with E-state index in [9.17, 15) is 0 Å². The Morgan fingerprint density at radius 1 is 0.862 bits per heavy atom. The van der Waals surface area contributed by atoms with Crippen molar-refractivity contribution in [3.8, 4) is 5.75 Å². The van der Waals surface area contributed by atoms with Crippen molar-refractivity contribution in [2.75, 3.05) is 39.3 Å². The van der Waals surface area contributed by atoms with Crippen LogP contribution in [0.25, 0.3) is 5.57 Å². The Morgan fingerprint density at radius 3 is 2.45 bits per heavy atom. The van der Waals surface area contributed by atoms with Crippen molar-refractivity contribution >= 4 is 5.57 Å². The van der Waals surface area contributed by atoms with Gasteiger partial charge in [-0.1, -0.05) is 48.5 Å². The van der Waals surface area contributed by atoms with Crippen LogP contribution in [0.5, 0.6) is 5.75 Å². The molecule has 2 heterocycles. The molecule has 0 amide bonds. The first-order valence-corrected chi connectivity index (χ1v) is 11.3. The average Bonchev–Trinajstić information content (AvgIpc) is 3.47. The zero-order chi connectivity index (χ0) is 19.5. The van der Waals surface area contributed by atoms with E-state index in [2.05, 4.69) is 70.5 Å². The Kier molecular flexibility index (Phi) is 5.69. The molecule has 3 aliphatic rings. The van der Waals surface area contributed by atoms with Gasteiger partial charge in [-0.15, -0.1) is 0 Å². The molecule has 0 bridgehead atoms. The quantitative estimate of drug-likeness (QED) is 0.684. The van der Waals surface area contributed by atoms with E-state index in [4.69, 9.17) is 4.74 Å². The molecule has 2 saturated heterocycles. The van der Waals surface area contributed by atoms with E-state index >= 15 is 0 Å². The van der Waals surface area contributed by atoms with Gasteiger partial charge in [-0.2, -0.15) is 0 Å². The summed E-state index contributed by atoms with van der Waals surface area (Å²) in [4.78, 5) is 5.13. The molecular formula is C26H32N2O. The number of benzene rings is 2. The number of ether oxygens (including phenoxy) is 1. The maximum Gasteiger partial charge on any atom is 0.119 e. The summed E-state index contributed by atoms with van der Waals surface area (Å²) < 4.78 is 5.99. The molecule has 0 N–H and O–H groups in total. The lowest BCUT2D eigenvalue weighted by Crippen LogP contribution is -2.25. The first-order chi connectivity index (χ1) is 14.3. The van der Waals surface area contributed by atoms with Crippen molar-refractivity contribution in [1.82, 2.24) is 9.80 Å². The van der Waals surface area contributed by atoms with Crippen molar-refractivity contribution in [3.05, 3.63) is 71.8 Å². The summed E-state index contributed by atoms with van der Waals surface area (Å²) in [5, 5.41) is 0. The van der Waals surface area contributed by atoms with Crippen LogP contribution in [0.2, 0.25) is 0 Å². The lowest BCUT2D eigenvalue weighted by molar-refractivity contribution is 0.238. The van der Waals surface area contributed by atoms with Crippen LogP contribution in [0, 0.1) is 11.8 Å². The molecule has 2 fully saturated rings. The molecule has 3 heteroatoms. The highest BCUT2D eigenvalue weighted by atomic mass is 16.5. The van der Waals surface area contributed by atoms with E-state index in [0.717, 1.165) is 31.4 Å². The van der Waals surface area contributed by atoms with Crippen molar-refractivity contribution in [3.63, 3.8) is 0 Å². The van der Waals surface area contributed by atoms with Crippen molar-refractivity contribution in [2.45, 2.75) is 25.8 Å². The summed E-state index contributed by atoms with van der Waals surface area (Å²) in [6.45, 7) is 7.79. The summed E-state index contributed by atoms with van der Waals surface area (Å²) in [5.74, 6) is 2.46. The highest BCUT2D eigenvalue weighted by Crippen LogP contribution is 2.43. The normalized spacial score (nSPS) is 24.6. The zero-order valence-electron chi connectivity index (χ0n) is 17.3. The Morgan fingerprint density at radius 2 is 1.66 bits per heavy atom. The summed E-state index contributed by atoms with van der Waals surface area (Å²) in [5.41, 5.74) is 4.36. The van der Waals surface area contributed by atoms with Crippen LogP contribution in [0.15, 0.2) is 60.7 Å². The standard InChI is InChI=1S/C26H32N2O/c1-2-6-21(7-3-1)18-28-19-23-10-13-25(26(23)20-28)22-8-11-24(12-9-22)29-17-16-27-14-4-5-15-27/h1-3,6-9,11-13,23,26H,4-5,10,14-20H2. The number of hydrogen-bond acceptors (Lipinski definition) is 3. The fourth-order valence-electron chi connectivity index (χ4n) is 5.33. The van der Waals surface area contributed by atoms with Gasteiger partial charge in [0.15, 0.2) is 0 Å². The van der Waals surface area contributed by atoms with Gasteiger partial charge in [0.05, 0.1) is 0 Å². The zero-order valence-corrected chi connectivity index (χ0v) is 17.3. The molecule has 3 nitrogen and oxygen atoms in total. The monoisotopic (exact) mass is 388 g/mol. The van der Waals surface area contributed by atoms with Gasteiger partial charge in [-0.05, 0) is 67.1 Å². The molecule has 0 aromatic heterocycles. The Bertz CT molecular complexity index is 824. The minimum absolute atomic E-state index is 0.681. The highest BCUT2D eigenvalue weighted by Gasteiger charge is 2.38. The third-order valence-electron chi connectivity index (χ3n) is 6.87. The smallest absolute Gasteiger partial charge is 0.119 e. The maximum absolute atomic E-state index is 5.99. The Labute approximate surface area is 175 Å². The predicted octanol–water partition coefficient (Wildman–Crippen LogP) is 4.70. The highest BCUT2D eigenvalue weighted by molar-refractivity contribution is 5.70. The van der Waals surface area contributed by atoms with Crippen LogP contribution in [0.4, 0.5) is 0 Å². The van der Waals surface area contributed by atoms with E-state index in [-0.39, 0.29) is 0 Å². The van der Waals surface area contributed by atoms with Crippen LogP contribution >= 0.6 is 0 Å². The second kappa shape index (κ2) is 8.73. The first kappa shape index (κ1) is 18.9. The molecule has 2 aliphatic heterocycles. The van der Waals surface area contributed by atoms with E-state index in [0.29, 0.717) is 5.92 Å². The second-order valence-electron chi connectivity index (χ2n) is 8.86. The summed E-state index contributed by atoms with van der Waals surface area (Å²) in [7, 11) is 0. The summed E-state index contributed by atoms with van der Waals surface area (Å²) in [6.07, 6.45) is 6.39. The van der Waals surface area contributed by atoms with Crippen molar-refractivity contribution in [1.29, 1.82) is 0 Å². The molecule has 2 unspecified atom stereocenters. The van der Waals surface area contributed by atoms with Crippen LogP contribution in [0.1, 0.15) is 30.4 Å². The number of rotatable bonds is 7. The van der Waals surface area contributed by atoms with Gasteiger partial charge in [0.25, 0.3) is 0 Å². The fraction of sp³-hybridized carbons (Fsp3) is 0.462. The first-order valence-electron chi connectivity index (χ1n) is 11.3. The second-order valence-corrected chi connectivity index (χ2v) is 8.86. The summed E-state index contributed by atoms with van der Waals surface area (Å²) >= 11 is 0. The van der Waals surface area contributed by atoms with Crippen molar-refractivity contribution in [2.24, 2.45) is 11.8 Å². The number of allylic oxidation sites excluding steroid dienone is 1. The van der Waals surface area contributed by atoms with Gasteiger partial charge in [0.1, 0.15) is 12.4 Å². The molecule has 152 valence electrons. The lowest BCUT2D eigenvalue weighted by atomic mass is 9.91. The predicted molar refractivity (Wildman–Crippen MR) is 119 cm³/mol. The Balaban J connectivity index is 1.16. The minimum atomic E-state index is 0.681. The van der Waals surface area contributed by atoms with Gasteiger partial charge in [-0.3, -0.25) is 9.80 Å². The molecule has 2 aromatic rings. The maximum atomic E-state index is 5.99. The van der Waals surface area contributed by atoms with Gasteiger partial charge in [0.2, 0.25) is 0 Å². The summed E-state index contributed by atoms with van der Waals surface area (Å²) in [6, 6.07) is 19.7. The SMILES string of the molecule is C1=C(c2ccc(OCCN3CCCC3)cc2)C2CN(Cc3ccccc3)CC2C1. The number of fused-ring (bicyclic) bond motifs is 1. The largest absolute Gasteiger partial charge is 0.492 e. The molecule has 0 radical (unpaired) electrons. The van der Waals surface area contributed by atoms with Crippen molar-refractivity contribution < 1.29 is 4.74 Å². The molecule has 0 saturated carbocycles. The molecule has 2 atom stereocenters. The molecule has 2 aromatic carbocycles. The van der Waals surface area contributed by atoms with E-state index in [1.54, 1.807) is 5.57 Å². The van der Waals surface area contributed by atoms with E-state index in [1.165, 1.54) is 56.6 Å².